The average molecular weight is 257 g/mol. The molecule has 0 bridgehead atoms. The summed E-state index contributed by atoms with van der Waals surface area (Å²) in [6.07, 6.45) is 6.13. The van der Waals surface area contributed by atoms with Crippen LogP contribution in [0.15, 0.2) is 36.7 Å². The second kappa shape index (κ2) is 5.45. The van der Waals surface area contributed by atoms with E-state index in [1.165, 1.54) is 17.5 Å². The maximum Gasteiger partial charge on any atom is 0.119 e. The Kier molecular flexibility index (Phi) is 3.51. The molecular formula is C15H19N3O. The molecular weight excluding hydrogens is 238 g/mol. The van der Waals surface area contributed by atoms with Gasteiger partial charge in [-0.25, -0.2) is 0 Å². The standard InChI is InChI=1S/C15H19N3O/c1-19-13-5-3-12-4-6-15(14(12)11-13)16-8-10-18-9-2-7-17-18/h2-3,5,7,9,11,15-16H,4,6,8,10H2,1H3. The number of aromatic nitrogens is 2. The minimum absolute atomic E-state index is 0.445. The Balaban J connectivity index is 1.62. The molecule has 4 nitrogen and oxygen atoms in total. The summed E-state index contributed by atoms with van der Waals surface area (Å²) in [6.45, 7) is 1.84. The molecule has 100 valence electrons. The average Bonchev–Trinajstić information content (AvgIpc) is 3.08. The van der Waals surface area contributed by atoms with E-state index in [0.29, 0.717) is 6.04 Å². The zero-order valence-corrected chi connectivity index (χ0v) is 11.2. The van der Waals surface area contributed by atoms with Crippen LogP contribution < -0.4 is 10.1 Å². The smallest absolute Gasteiger partial charge is 0.119 e. The summed E-state index contributed by atoms with van der Waals surface area (Å²) in [5.74, 6) is 0.944. The number of nitrogens with one attached hydrogen (secondary N) is 1. The molecule has 1 N–H and O–H groups in total. The van der Waals surface area contributed by atoms with Gasteiger partial charge < -0.3 is 10.1 Å². The number of nitrogens with zero attached hydrogens (tertiary/aromatic N) is 2. The molecule has 1 aliphatic carbocycles. The van der Waals surface area contributed by atoms with E-state index in [2.05, 4.69) is 22.5 Å². The van der Waals surface area contributed by atoms with Crippen LogP contribution in [0.2, 0.25) is 0 Å². The molecule has 1 heterocycles. The van der Waals surface area contributed by atoms with Gasteiger partial charge in [0.05, 0.1) is 13.7 Å². The summed E-state index contributed by atoms with van der Waals surface area (Å²) < 4.78 is 7.26. The first-order valence-corrected chi connectivity index (χ1v) is 6.74. The quantitative estimate of drug-likeness (QED) is 0.892. The Bertz CT molecular complexity index is 536. The Hall–Kier alpha value is -1.81. The van der Waals surface area contributed by atoms with Gasteiger partial charge in [-0.1, -0.05) is 6.07 Å². The van der Waals surface area contributed by atoms with Gasteiger partial charge in [0.25, 0.3) is 0 Å². The lowest BCUT2D eigenvalue weighted by molar-refractivity contribution is 0.413. The van der Waals surface area contributed by atoms with Crippen LogP contribution in [0.4, 0.5) is 0 Å². The molecule has 1 aromatic heterocycles. The maximum absolute atomic E-state index is 5.31. The minimum Gasteiger partial charge on any atom is -0.497 e. The van der Waals surface area contributed by atoms with Crippen LogP contribution in [-0.2, 0) is 13.0 Å². The number of benzene rings is 1. The van der Waals surface area contributed by atoms with E-state index in [1.807, 2.05) is 29.2 Å². The summed E-state index contributed by atoms with van der Waals surface area (Å²) in [4.78, 5) is 0. The first-order valence-electron chi connectivity index (χ1n) is 6.74. The first-order chi connectivity index (χ1) is 9.36. The van der Waals surface area contributed by atoms with Gasteiger partial charge in [0.15, 0.2) is 0 Å². The molecule has 4 heteroatoms. The third-order valence-electron chi connectivity index (χ3n) is 3.72. The van der Waals surface area contributed by atoms with Gasteiger partial charge >= 0.3 is 0 Å². The van der Waals surface area contributed by atoms with Crippen LogP contribution in [0, 0.1) is 0 Å². The number of rotatable bonds is 5. The molecule has 0 spiro atoms. The van der Waals surface area contributed by atoms with Gasteiger partial charge in [0, 0.05) is 25.0 Å². The topological polar surface area (TPSA) is 39.1 Å². The van der Waals surface area contributed by atoms with Crippen molar-refractivity contribution in [3.05, 3.63) is 47.8 Å². The van der Waals surface area contributed by atoms with Crippen molar-refractivity contribution in [3.63, 3.8) is 0 Å². The van der Waals surface area contributed by atoms with Gasteiger partial charge in [-0.2, -0.15) is 5.10 Å². The molecule has 0 fully saturated rings. The van der Waals surface area contributed by atoms with Crippen LogP contribution in [0.1, 0.15) is 23.6 Å². The van der Waals surface area contributed by atoms with Gasteiger partial charge in [-0.05, 0) is 42.2 Å². The van der Waals surface area contributed by atoms with Crippen LogP contribution in [-0.4, -0.2) is 23.4 Å². The maximum atomic E-state index is 5.31. The fraction of sp³-hybridized carbons (Fsp3) is 0.400. The summed E-state index contributed by atoms with van der Waals surface area (Å²) in [6, 6.07) is 8.79. The highest BCUT2D eigenvalue weighted by Gasteiger charge is 2.22. The van der Waals surface area contributed by atoms with Crippen molar-refractivity contribution in [1.29, 1.82) is 0 Å². The molecule has 3 rings (SSSR count). The lowest BCUT2D eigenvalue weighted by Gasteiger charge is -2.14. The third kappa shape index (κ3) is 2.63. The molecule has 0 amide bonds. The number of aryl methyl sites for hydroxylation is 1. The van der Waals surface area contributed by atoms with Crippen LogP contribution in [0.25, 0.3) is 0 Å². The van der Waals surface area contributed by atoms with E-state index in [0.717, 1.165) is 25.3 Å². The van der Waals surface area contributed by atoms with Crippen molar-refractivity contribution in [3.8, 4) is 5.75 Å². The van der Waals surface area contributed by atoms with Crippen LogP contribution in [0.3, 0.4) is 0 Å². The number of methoxy groups -OCH3 is 1. The number of fused-ring (bicyclic) bond motifs is 1. The summed E-state index contributed by atoms with van der Waals surface area (Å²) in [7, 11) is 1.72. The van der Waals surface area contributed by atoms with Crippen molar-refractivity contribution in [2.45, 2.75) is 25.4 Å². The Labute approximate surface area is 113 Å². The molecule has 2 aromatic rings. The van der Waals surface area contributed by atoms with E-state index in [9.17, 15) is 0 Å². The van der Waals surface area contributed by atoms with Crippen LogP contribution >= 0.6 is 0 Å². The van der Waals surface area contributed by atoms with E-state index >= 15 is 0 Å². The molecule has 0 saturated heterocycles. The molecule has 0 aliphatic heterocycles. The van der Waals surface area contributed by atoms with Crippen molar-refractivity contribution in [1.82, 2.24) is 15.1 Å². The molecule has 19 heavy (non-hydrogen) atoms. The SMILES string of the molecule is COc1ccc2c(c1)C(NCCn1cccn1)CC2. The van der Waals surface area contributed by atoms with E-state index in [-0.39, 0.29) is 0 Å². The fourth-order valence-corrected chi connectivity index (χ4v) is 2.71. The lowest BCUT2D eigenvalue weighted by Crippen LogP contribution is -2.24. The highest BCUT2D eigenvalue weighted by molar-refractivity contribution is 5.40. The van der Waals surface area contributed by atoms with Gasteiger partial charge in [0.1, 0.15) is 5.75 Å². The largest absolute Gasteiger partial charge is 0.497 e. The minimum atomic E-state index is 0.445. The molecule has 1 atom stereocenters. The second-order valence-corrected chi connectivity index (χ2v) is 4.88. The molecule has 1 aromatic carbocycles. The fourth-order valence-electron chi connectivity index (χ4n) is 2.71. The van der Waals surface area contributed by atoms with Crippen LogP contribution in [0.5, 0.6) is 5.75 Å². The van der Waals surface area contributed by atoms with Crippen molar-refractivity contribution in [2.75, 3.05) is 13.7 Å². The number of hydrogen-bond donors (Lipinski definition) is 1. The highest BCUT2D eigenvalue weighted by Crippen LogP contribution is 2.33. The third-order valence-corrected chi connectivity index (χ3v) is 3.72. The van der Waals surface area contributed by atoms with Gasteiger partial charge in [0.2, 0.25) is 0 Å². The van der Waals surface area contributed by atoms with Crippen molar-refractivity contribution in [2.24, 2.45) is 0 Å². The number of ether oxygens (including phenoxy) is 1. The molecule has 0 saturated carbocycles. The van der Waals surface area contributed by atoms with Gasteiger partial charge in [-0.15, -0.1) is 0 Å². The van der Waals surface area contributed by atoms with Crippen molar-refractivity contribution >= 4 is 0 Å². The zero-order chi connectivity index (χ0) is 13.1. The van der Waals surface area contributed by atoms with Gasteiger partial charge in [-0.3, -0.25) is 4.68 Å². The van der Waals surface area contributed by atoms with Crippen molar-refractivity contribution < 1.29 is 4.74 Å². The zero-order valence-electron chi connectivity index (χ0n) is 11.2. The summed E-state index contributed by atoms with van der Waals surface area (Å²) in [5, 5.41) is 7.82. The molecule has 1 unspecified atom stereocenters. The highest BCUT2D eigenvalue weighted by atomic mass is 16.5. The second-order valence-electron chi connectivity index (χ2n) is 4.88. The van der Waals surface area contributed by atoms with E-state index < -0.39 is 0 Å². The lowest BCUT2D eigenvalue weighted by atomic mass is 10.1. The van der Waals surface area contributed by atoms with E-state index in [4.69, 9.17) is 4.74 Å². The Morgan fingerprint density at radius 2 is 2.42 bits per heavy atom. The number of hydrogen-bond acceptors (Lipinski definition) is 3. The Morgan fingerprint density at radius 3 is 3.21 bits per heavy atom. The molecule has 0 radical (unpaired) electrons. The predicted octanol–water partition coefficient (Wildman–Crippen LogP) is 2.17. The normalized spacial score (nSPS) is 17.4. The summed E-state index contributed by atoms with van der Waals surface area (Å²) >= 11 is 0. The van der Waals surface area contributed by atoms with E-state index in [1.54, 1.807) is 7.11 Å². The predicted molar refractivity (Wildman–Crippen MR) is 74.3 cm³/mol. The Morgan fingerprint density at radius 1 is 1.47 bits per heavy atom. The monoisotopic (exact) mass is 257 g/mol. The summed E-state index contributed by atoms with van der Waals surface area (Å²) in [5.41, 5.74) is 2.83. The first kappa shape index (κ1) is 12.2. The molecule has 1 aliphatic rings.